The number of amides is 2. The van der Waals surface area contributed by atoms with Crippen LogP contribution in [0.5, 0.6) is 0 Å². The zero-order valence-electron chi connectivity index (χ0n) is 16.1. The highest BCUT2D eigenvalue weighted by atomic mass is 79.9. The molecule has 0 aromatic heterocycles. The van der Waals surface area contributed by atoms with Crippen molar-refractivity contribution < 1.29 is 18.0 Å². The molecule has 2 aromatic rings. The lowest BCUT2D eigenvalue weighted by atomic mass is 10.2. The van der Waals surface area contributed by atoms with Gasteiger partial charge in [-0.25, -0.2) is 13.1 Å². The van der Waals surface area contributed by atoms with Crippen LogP contribution in [-0.2, 0) is 14.8 Å². The summed E-state index contributed by atoms with van der Waals surface area (Å²) in [5, 5.41) is 2.76. The second-order valence-electron chi connectivity index (χ2n) is 6.34. The third-order valence-electron chi connectivity index (χ3n) is 4.00. The Morgan fingerprint density at radius 2 is 1.93 bits per heavy atom. The summed E-state index contributed by atoms with van der Waals surface area (Å²) >= 11 is 3.36. The summed E-state index contributed by atoms with van der Waals surface area (Å²) in [5.74, 6) is -0.823. The Kier molecular flexibility index (Phi) is 7.72. The standard InChI is InChI=1S/C20H22BrN3O4S/c1-4-10-22-29(27,28)17-7-5-6-15(12-17)20(26)24(3)13-19(25)23-18-9-8-16(21)11-14(18)2/h4-9,11-12,22H,1,10,13H2,2-3H3,(H,23,25). The summed E-state index contributed by atoms with van der Waals surface area (Å²) in [6, 6.07) is 11.1. The first kappa shape index (κ1) is 22.8. The highest BCUT2D eigenvalue weighted by Crippen LogP contribution is 2.20. The number of carbonyl (C=O) groups is 2. The molecular weight excluding hydrogens is 458 g/mol. The van der Waals surface area contributed by atoms with E-state index in [1.54, 1.807) is 6.07 Å². The number of sulfonamides is 1. The molecule has 0 saturated carbocycles. The van der Waals surface area contributed by atoms with Gasteiger partial charge in [0, 0.05) is 29.3 Å². The highest BCUT2D eigenvalue weighted by molar-refractivity contribution is 9.10. The highest BCUT2D eigenvalue weighted by Gasteiger charge is 2.19. The Balaban J connectivity index is 2.08. The Morgan fingerprint density at radius 3 is 2.59 bits per heavy atom. The van der Waals surface area contributed by atoms with Crippen molar-refractivity contribution in [3.8, 4) is 0 Å². The molecule has 2 N–H and O–H groups in total. The number of likely N-dealkylation sites (N-methyl/N-ethyl adjacent to an activating group) is 1. The molecule has 2 rings (SSSR count). The maximum atomic E-state index is 12.6. The molecule has 0 bridgehead atoms. The molecule has 9 heteroatoms. The lowest BCUT2D eigenvalue weighted by Gasteiger charge is -2.18. The van der Waals surface area contributed by atoms with Gasteiger partial charge in [0.2, 0.25) is 15.9 Å². The van der Waals surface area contributed by atoms with Crippen LogP contribution in [0.2, 0.25) is 0 Å². The van der Waals surface area contributed by atoms with Crippen molar-refractivity contribution in [3.63, 3.8) is 0 Å². The van der Waals surface area contributed by atoms with Gasteiger partial charge in [-0.2, -0.15) is 0 Å². The van der Waals surface area contributed by atoms with Gasteiger partial charge in [0.25, 0.3) is 5.91 Å². The van der Waals surface area contributed by atoms with Crippen molar-refractivity contribution in [1.29, 1.82) is 0 Å². The van der Waals surface area contributed by atoms with E-state index in [1.165, 1.54) is 42.3 Å². The molecule has 0 saturated heterocycles. The number of benzene rings is 2. The van der Waals surface area contributed by atoms with Crippen LogP contribution in [0.3, 0.4) is 0 Å². The third kappa shape index (κ3) is 6.25. The van der Waals surface area contributed by atoms with Crippen LogP contribution < -0.4 is 10.0 Å². The van der Waals surface area contributed by atoms with Gasteiger partial charge in [-0.05, 0) is 48.9 Å². The van der Waals surface area contributed by atoms with Crippen LogP contribution in [0.4, 0.5) is 5.69 Å². The van der Waals surface area contributed by atoms with Gasteiger partial charge in [-0.1, -0.05) is 28.1 Å². The van der Waals surface area contributed by atoms with Crippen LogP contribution in [0.15, 0.2) is 64.5 Å². The Bertz CT molecular complexity index is 1040. The second kappa shape index (κ2) is 9.82. The summed E-state index contributed by atoms with van der Waals surface area (Å²) in [7, 11) is -2.27. The maximum absolute atomic E-state index is 12.6. The summed E-state index contributed by atoms with van der Waals surface area (Å²) < 4.78 is 27.7. The molecule has 2 amide bonds. The lowest BCUT2D eigenvalue weighted by molar-refractivity contribution is -0.116. The van der Waals surface area contributed by atoms with E-state index in [-0.39, 0.29) is 29.5 Å². The Morgan fingerprint density at radius 1 is 1.21 bits per heavy atom. The van der Waals surface area contributed by atoms with E-state index in [2.05, 4.69) is 32.5 Å². The lowest BCUT2D eigenvalue weighted by Crippen LogP contribution is -2.35. The van der Waals surface area contributed by atoms with Crippen molar-refractivity contribution in [3.05, 3.63) is 70.7 Å². The van der Waals surface area contributed by atoms with Crippen molar-refractivity contribution in [2.24, 2.45) is 0 Å². The van der Waals surface area contributed by atoms with Gasteiger partial charge in [-0.15, -0.1) is 6.58 Å². The minimum absolute atomic E-state index is 0.0338. The molecule has 154 valence electrons. The summed E-state index contributed by atoms with van der Waals surface area (Å²) in [6.45, 7) is 5.23. The monoisotopic (exact) mass is 479 g/mol. The predicted octanol–water partition coefficient (Wildman–Crippen LogP) is 2.93. The zero-order chi connectivity index (χ0) is 21.6. The normalized spacial score (nSPS) is 11.0. The maximum Gasteiger partial charge on any atom is 0.254 e. The topological polar surface area (TPSA) is 95.6 Å². The minimum atomic E-state index is -3.75. The van der Waals surface area contributed by atoms with Crippen LogP contribution in [0, 0.1) is 6.92 Å². The number of hydrogen-bond acceptors (Lipinski definition) is 4. The number of rotatable bonds is 8. The molecule has 0 aliphatic rings. The second-order valence-corrected chi connectivity index (χ2v) is 9.02. The van der Waals surface area contributed by atoms with Crippen LogP contribution >= 0.6 is 15.9 Å². The van der Waals surface area contributed by atoms with Crippen LogP contribution in [0.25, 0.3) is 0 Å². The molecule has 7 nitrogen and oxygen atoms in total. The van der Waals surface area contributed by atoms with E-state index in [4.69, 9.17) is 0 Å². The smallest absolute Gasteiger partial charge is 0.254 e. The largest absolute Gasteiger partial charge is 0.332 e. The number of hydrogen-bond donors (Lipinski definition) is 2. The van der Waals surface area contributed by atoms with Crippen LogP contribution in [0.1, 0.15) is 15.9 Å². The van der Waals surface area contributed by atoms with Gasteiger partial charge < -0.3 is 10.2 Å². The van der Waals surface area contributed by atoms with Gasteiger partial charge in [0.05, 0.1) is 11.4 Å². The van der Waals surface area contributed by atoms with Gasteiger partial charge in [-0.3, -0.25) is 9.59 Å². The molecule has 0 atom stereocenters. The minimum Gasteiger partial charge on any atom is -0.332 e. The van der Waals surface area contributed by atoms with Crippen molar-refractivity contribution in [2.75, 3.05) is 25.5 Å². The van der Waals surface area contributed by atoms with Crippen molar-refractivity contribution >= 4 is 43.5 Å². The van der Waals surface area contributed by atoms with Gasteiger partial charge in [0.1, 0.15) is 0 Å². The van der Waals surface area contributed by atoms with Crippen molar-refractivity contribution in [1.82, 2.24) is 9.62 Å². The molecule has 0 fully saturated rings. The van der Waals surface area contributed by atoms with Gasteiger partial charge in [0.15, 0.2) is 0 Å². The van der Waals surface area contributed by atoms with E-state index in [0.717, 1.165) is 10.0 Å². The molecule has 2 aromatic carbocycles. The molecule has 0 heterocycles. The predicted molar refractivity (Wildman–Crippen MR) is 116 cm³/mol. The summed E-state index contributed by atoms with van der Waals surface area (Å²) in [5.41, 5.74) is 1.70. The number of halogens is 1. The fourth-order valence-electron chi connectivity index (χ4n) is 2.51. The molecular formula is C20H22BrN3O4S. The summed E-state index contributed by atoms with van der Waals surface area (Å²) in [4.78, 5) is 26.1. The molecule has 0 aliphatic carbocycles. The van der Waals surface area contributed by atoms with Crippen LogP contribution in [-0.4, -0.2) is 45.3 Å². The average molecular weight is 480 g/mol. The van der Waals surface area contributed by atoms with E-state index in [9.17, 15) is 18.0 Å². The van der Waals surface area contributed by atoms with E-state index >= 15 is 0 Å². The third-order valence-corrected chi connectivity index (χ3v) is 5.91. The number of carbonyl (C=O) groups excluding carboxylic acids is 2. The number of nitrogens with zero attached hydrogens (tertiary/aromatic N) is 1. The average Bonchev–Trinajstić information content (AvgIpc) is 2.68. The number of nitrogens with one attached hydrogen (secondary N) is 2. The fraction of sp³-hybridized carbons (Fsp3) is 0.200. The SMILES string of the molecule is C=CCNS(=O)(=O)c1cccc(C(=O)N(C)CC(=O)Nc2ccc(Br)cc2C)c1. The number of aryl methyl sites for hydroxylation is 1. The van der Waals surface area contributed by atoms with E-state index in [0.29, 0.717) is 5.69 Å². The molecule has 0 unspecified atom stereocenters. The van der Waals surface area contributed by atoms with Gasteiger partial charge >= 0.3 is 0 Å². The fourth-order valence-corrected chi connectivity index (χ4v) is 4.03. The Hall–Kier alpha value is -2.49. The quantitative estimate of drug-likeness (QED) is 0.568. The molecule has 0 radical (unpaired) electrons. The first-order chi connectivity index (χ1) is 13.6. The first-order valence-corrected chi connectivity index (χ1v) is 10.9. The van der Waals surface area contributed by atoms with E-state index in [1.807, 2.05) is 19.1 Å². The Labute approximate surface area is 179 Å². The van der Waals surface area contributed by atoms with E-state index < -0.39 is 15.9 Å². The summed E-state index contributed by atoms with van der Waals surface area (Å²) in [6.07, 6.45) is 1.42. The molecule has 0 spiro atoms. The first-order valence-electron chi connectivity index (χ1n) is 8.66. The van der Waals surface area contributed by atoms with Crippen molar-refractivity contribution in [2.45, 2.75) is 11.8 Å². The molecule has 29 heavy (non-hydrogen) atoms. The molecule has 0 aliphatic heterocycles. The zero-order valence-corrected chi connectivity index (χ0v) is 18.5. The number of anilines is 1.